The number of aryl methyl sites for hydroxylation is 1. The first-order valence-electron chi connectivity index (χ1n) is 5.60. The van der Waals surface area contributed by atoms with Crippen molar-refractivity contribution in [2.75, 3.05) is 0 Å². The molecule has 0 heterocycles. The summed E-state index contributed by atoms with van der Waals surface area (Å²) >= 11 is 0. The van der Waals surface area contributed by atoms with Crippen molar-refractivity contribution < 1.29 is 4.84 Å². The van der Waals surface area contributed by atoms with Gasteiger partial charge >= 0.3 is 0 Å². The third kappa shape index (κ3) is 3.08. The molecular formula is C13H17NO. The molecule has 1 fully saturated rings. The highest BCUT2D eigenvalue weighted by Crippen LogP contribution is 2.20. The Morgan fingerprint density at radius 1 is 1.20 bits per heavy atom. The lowest BCUT2D eigenvalue weighted by atomic mass is 10.2. The maximum atomic E-state index is 5.41. The van der Waals surface area contributed by atoms with E-state index in [1.54, 1.807) is 6.21 Å². The van der Waals surface area contributed by atoms with Gasteiger partial charge in [0.15, 0.2) is 0 Å². The number of benzene rings is 1. The molecule has 1 aliphatic rings. The van der Waals surface area contributed by atoms with Crippen molar-refractivity contribution in [3.8, 4) is 0 Å². The van der Waals surface area contributed by atoms with Crippen LogP contribution >= 0.6 is 0 Å². The molecule has 0 bridgehead atoms. The minimum atomic E-state index is 0.353. The van der Waals surface area contributed by atoms with E-state index in [9.17, 15) is 0 Å². The van der Waals surface area contributed by atoms with Crippen LogP contribution in [0, 0.1) is 6.92 Å². The van der Waals surface area contributed by atoms with Gasteiger partial charge in [-0.3, -0.25) is 0 Å². The Bertz CT molecular complexity index is 323. The van der Waals surface area contributed by atoms with Crippen molar-refractivity contribution in [3.63, 3.8) is 0 Å². The van der Waals surface area contributed by atoms with Gasteiger partial charge in [0.05, 0.1) is 6.21 Å². The van der Waals surface area contributed by atoms with Crippen LogP contribution in [0.4, 0.5) is 0 Å². The first-order chi connectivity index (χ1) is 7.34. The van der Waals surface area contributed by atoms with Gasteiger partial charge in [0.1, 0.15) is 6.10 Å². The zero-order valence-corrected chi connectivity index (χ0v) is 9.15. The Morgan fingerprint density at radius 3 is 2.53 bits per heavy atom. The Balaban J connectivity index is 1.85. The highest BCUT2D eigenvalue weighted by molar-refractivity contribution is 5.79. The maximum Gasteiger partial charge on any atom is 0.127 e. The second-order valence-electron chi connectivity index (χ2n) is 4.16. The van der Waals surface area contributed by atoms with E-state index in [1.807, 2.05) is 0 Å². The molecule has 1 aromatic carbocycles. The van der Waals surface area contributed by atoms with Crippen LogP contribution in [-0.2, 0) is 4.84 Å². The molecule has 0 aliphatic heterocycles. The van der Waals surface area contributed by atoms with E-state index in [2.05, 4.69) is 36.3 Å². The van der Waals surface area contributed by atoms with E-state index < -0.39 is 0 Å². The minimum Gasteiger partial charge on any atom is -0.393 e. The smallest absolute Gasteiger partial charge is 0.127 e. The minimum absolute atomic E-state index is 0.353. The number of hydrogen-bond donors (Lipinski definition) is 0. The van der Waals surface area contributed by atoms with E-state index in [1.165, 1.54) is 18.4 Å². The van der Waals surface area contributed by atoms with E-state index in [0.717, 1.165) is 18.4 Å². The molecule has 0 atom stereocenters. The summed E-state index contributed by atoms with van der Waals surface area (Å²) in [5, 5.41) is 4.03. The van der Waals surface area contributed by atoms with E-state index in [-0.39, 0.29) is 0 Å². The Morgan fingerprint density at radius 2 is 1.87 bits per heavy atom. The SMILES string of the molecule is Cc1ccc(C=NOC2CCCC2)cc1. The van der Waals surface area contributed by atoms with Crippen LogP contribution in [0.5, 0.6) is 0 Å². The van der Waals surface area contributed by atoms with Crippen LogP contribution in [0.2, 0.25) is 0 Å². The molecule has 15 heavy (non-hydrogen) atoms. The largest absolute Gasteiger partial charge is 0.393 e. The predicted molar refractivity (Wildman–Crippen MR) is 62.1 cm³/mol. The number of nitrogens with zero attached hydrogens (tertiary/aromatic N) is 1. The van der Waals surface area contributed by atoms with Crippen LogP contribution in [0.25, 0.3) is 0 Å². The first-order valence-corrected chi connectivity index (χ1v) is 5.60. The average Bonchev–Trinajstić information content (AvgIpc) is 2.74. The Kier molecular flexibility index (Phi) is 3.38. The monoisotopic (exact) mass is 203 g/mol. The first kappa shape index (κ1) is 10.2. The van der Waals surface area contributed by atoms with Gasteiger partial charge in [0.25, 0.3) is 0 Å². The molecule has 1 aromatic rings. The number of hydrogen-bond acceptors (Lipinski definition) is 2. The lowest BCUT2D eigenvalue weighted by molar-refractivity contribution is 0.0657. The summed E-state index contributed by atoms with van der Waals surface area (Å²) in [5.41, 5.74) is 2.36. The summed E-state index contributed by atoms with van der Waals surface area (Å²) in [6.07, 6.45) is 7.02. The number of oxime groups is 1. The topological polar surface area (TPSA) is 21.6 Å². The van der Waals surface area contributed by atoms with Gasteiger partial charge in [-0.25, -0.2) is 0 Å². The van der Waals surface area contributed by atoms with Gasteiger partial charge in [0, 0.05) is 0 Å². The van der Waals surface area contributed by atoms with Crippen molar-refractivity contribution in [2.45, 2.75) is 38.7 Å². The van der Waals surface area contributed by atoms with E-state index in [0.29, 0.717) is 6.10 Å². The molecule has 1 saturated carbocycles. The summed E-state index contributed by atoms with van der Waals surface area (Å²) in [5.74, 6) is 0. The lowest BCUT2D eigenvalue weighted by Gasteiger charge is -2.05. The summed E-state index contributed by atoms with van der Waals surface area (Å²) in [6.45, 7) is 2.08. The van der Waals surface area contributed by atoms with Gasteiger partial charge in [-0.1, -0.05) is 35.0 Å². The second kappa shape index (κ2) is 4.96. The highest BCUT2D eigenvalue weighted by Gasteiger charge is 2.15. The fraction of sp³-hybridized carbons (Fsp3) is 0.462. The lowest BCUT2D eigenvalue weighted by Crippen LogP contribution is -2.02. The van der Waals surface area contributed by atoms with Crippen LogP contribution in [-0.4, -0.2) is 12.3 Å². The summed E-state index contributed by atoms with van der Waals surface area (Å²) in [6, 6.07) is 8.27. The van der Waals surface area contributed by atoms with Gasteiger partial charge in [-0.15, -0.1) is 0 Å². The molecule has 80 valence electrons. The normalized spacial score (nSPS) is 17.4. The van der Waals surface area contributed by atoms with Crippen molar-refractivity contribution >= 4 is 6.21 Å². The second-order valence-corrected chi connectivity index (χ2v) is 4.16. The molecule has 0 radical (unpaired) electrons. The Labute approximate surface area is 90.9 Å². The average molecular weight is 203 g/mol. The van der Waals surface area contributed by atoms with Crippen LogP contribution in [0.1, 0.15) is 36.8 Å². The fourth-order valence-corrected chi connectivity index (χ4v) is 1.82. The molecule has 2 nitrogen and oxygen atoms in total. The molecule has 2 rings (SSSR count). The zero-order valence-electron chi connectivity index (χ0n) is 9.15. The van der Waals surface area contributed by atoms with Crippen LogP contribution in [0.15, 0.2) is 29.4 Å². The van der Waals surface area contributed by atoms with Gasteiger partial charge in [-0.2, -0.15) is 0 Å². The zero-order chi connectivity index (χ0) is 10.5. The van der Waals surface area contributed by atoms with E-state index >= 15 is 0 Å². The van der Waals surface area contributed by atoms with Crippen molar-refractivity contribution in [2.24, 2.45) is 5.16 Å². The quantitative estimate of drug-likeness (QED) is 0.545. The van der Waals surface area contributed by atoms with Crippen molar-refractivity contribution in [1.29, 1.82) is 0 Å². The molecular weight excluding hydrogens is 186 g/mol. The van der Waals surface area contributed by atoms with Crippen LogP contribution in [0.3, 0.4) is 0 Å². The number of rotatable bonds is 3. The Hall–Kier alpha value is -1.31. The molecule has 0 N–H and O–H groups in total. The predicted octanol–water partition coefficient (Wildman–Crippen LogP) is 3.29. The van der Waals surface area contributed by atoms with Crippen molar-refractivity contribution in [1.82, 2.24) is 0 Å². The summed E-state index contributed by atoms with van der Waals surface area (Å²) < 4.78 is 0. The molecule has 2 heteroatoms. The standard InChI is InChI=1S/C13H17NO/c1-11-6-8-12(9-7-11)10-14-15-13-4-2-3-5-13/h6-10,13H,2-5H2,1H3. The van der Waals surface area contributed by atoms with Crippen molar-refractivity contribution in [3.05, 3.63) is 35.4 Å². The van der Waals surface area contributed by atoms with Gasteiger partial charge in [0.2, 0.25) is 0 Å². The molecule has 1 aliphatic carbocycles. The molecule has 0 amide bonds. The van der Waals surface area contributed by atoms with Crippen LogP contribution < -0.4 is 0 Å². The molecule has 0 spiro atoms. The van der Waals surface area contributed by atoms with Gasteiger partial charge < -0.3 is 4.84 Å². The molecule has 0 unspecified atom stereocenters. The summed E-state index contributed by atoms with van der Waals surface area (Å²) in [7, 11) is 0. The summed E-state index contributed by atoms with van der Waals surface area (Å²) in [4.78, 5) is 5.41. The molecule has 0 saturated heterocycles. The maximum absolute atomic E-state index is 5.41. The fourth-order valence-electron chi connectivity index (χ4n) is 1.82. The molecule has 0 aromatic heterocycles. The van der Waals surface area contributed by atoms with E-state index in [4.69, 9.17) is 4.84 Å². The van der Waals surface area contributed by atoms with Gasteiger partial charge in [-0.05, 0) is 38.2 Å². The highest BCUT2D eigenvalue weighted by atomic mass is 16.6. The third-order valence-corrected chi connectivity index (χ3v) is 2.79. The third-order valence-electron chi connectivity index (χ3n) is 2.79.